The maximum Gasteiger partial charge on any atom is 0.332 e. The number of carbonyl (C=O) groups is 2. The van der Waals surface area contributed by atoms with E-state index in [0.717, 1.165) is 5.56 Å². The van der Waals surface area contributed by atoms with Crippen LogP contribution in [-0.4, -0.2) is 31.3 Å². The predicted molar refractivity (Wildman–Crippen MR) is 93.9 cm³/mol. The lowest BCUT2D eigenvalue weighted by Gasteiger charge is -2.17. The van der Waals surface area contributed by atoms with Crippen LogP contribution in [0.25, 0.3) is 10.9 Å². The molecule has 9 heteroatoms. The number of hydrogen-bond acceptors (Lipinski definition) is 5. The lowest BCUT2D eigenvalue weighted by atomic mass is 10.1. The minimum absolute atomic E-state index is 0.0366. The highest BCUT2D eigenvalue weighted by atomic mass is 16.4. The molecule has 9 nitrogen and oxygen atoms in total. The number of carboxylic acid groups (broad SMARTS) is 2. The van der Waals surface area contributed by atoms with Crippen molar-refractivity contribution >= 4 is 22.8 Å². The van der Waals surface area contributed by atoms with E-state index in [1.54, 1.807) is 31.2 Å². The van der Waals surface area contributed by atoms with Crippen molar-refractivity contribution in [3.05, 3.63) is 68.8 Å². The Hall–Kier alpha value is -3.62. The van der Waals surface area contributed by atoms with Crippen LogP contribution < -0.4 is 11.2 Å². The Morgan fingerprint density at radius 2 is 1.93 bits per heavy atom. The second-order valence-electron chi connectivity index (χ2n) is 6.10. The normalized spacial score (nSPS) is 12.2. The Kier molecular flexibility index (Phi) is 4.68. The molecule has 0 saturated carbocycles. The fourth-order valence-electron chi connectivity index (χ4n) is 2.95. The zero-order valence-corrected chi connectivity index (χ0v) is 14.3. The third-order valence-electron chi connectivity index (χ3n) is 4.19. The number of carboxylic acids is 2. The smallest absolute Gasteiger partial charge is 0.332 e. The van der Waals surface area contributed by atoms with Crippen molar-refractivity contribution in [3.63, 3.8) is 0 Å². The Labute approximate surface area is 151 Å². The van der Waals surface area contributed by atoms with Crippen LogP contribution in [-0.2, 0) is 16.1 Å². The maximum atomic E-state index is 13.0. The second-order valence-corrected chi connectivity index (χ2v) is 6.10. The quantitative estimate of drug-likeness (QED) is 0.665. The largest absolute Gasteiger partial charge is 0.481 e. The summed E-state index contributed by atoms with van der Waals surface area (Å²) in [5, 5.41) is 18.5. The van der Waals surface area contributed by atoms with E-state index in [-0.39, 0.29) is 11.9 Å². The number of aromatic nitrogens is 2. The van der Waals surface area contributed by atoms with Crippen molar-refractivity contribution < 1.29 is 24.2 Å². The number of aliphatic carboxylic acids is 2. The zero-order chi connectivity index (χ0) is 19.7. The molecule has 3 rings (SSSR count). The van der Waals surface area contributed by atoms with Gasteiger partial charge in [0.25, 0.3) is 5.56 Å². The Morgan fingerprint density at radius 3 is 2.52 bits per heavy atom. The Morgan fingerprint density at radius 1 is 1.19 bits per heavy atom. The molecule has 0 bridgehead atoms. The Balaban J connectivity index is 2.36. The summed E-state index contributed by atoms with van der Waals surface area (Å²) in [5.74, 6) is -2.59. The van der Waals surface area contributed by atoms with Crippen molar-refractivity contribution in [2.24, 2.45) is 0 Å². The summed E-state index contributed by atoms with van der Waals surface area (Å²) in [7, 11) is 0. The summed E-state index contributed by atoms with van der Waals surface area (Å²) in [6, 6.07) is 6.28. The highest BCUT2D eigenvalue weighted by molar-refractivity contribution is 5.81. The molecule has 0 aliphatic carbocycles. The predicted octanol–water partition coefficient (Wildman–Crippen LogP) is 1.21. The first-order chi connectivity index (χ1) is 12.8. The van der Waals surface area contributed by atoms with Gasteiger partial charge in [-0.1, -0.05) is 11.6 Å². The van der Waals surface area contributed by atoms with Crippen LogP contribution in [0.2, 0.25) is 0 Å². The van der Waals surface area contributed by atoms with Crippen LogP contribution in [0.15, 0.2) is 50.6 Å². The van der Waals surface area contributed by atoms with E-state index in [2.05, 4.69) is 0 Å². The van der Waals surface area contributed by atoms with Gasteiger partial charge in [0, 0.05) is 0 Å². The number of fused-ring (bicyclic) bond motifs is 1. The van der Waals surface area contributed by atoms with Gasteiger partial charge < -0.3 is 14.6 Å². The van der Waals surface area contributed by atoms with Gasteiger partial charge in [-0.3, -0.25) is 14.2 Å². The molecule has 0 aliphatic rings. The first-order valence-corrected chi connectivity index (χ1v) is 8.02. The highest BCUT2D eigenvalue weighted by Crippen LogP contribution is 2.15. The SMILES string of the molecule is Cc1ccc2c(c1)c(=O)n([C@@H](CC(=O)O)C(=O)O)c(=O)n2Cc1ccco1. The van der Waals surface area contributed by atoms with Crippen LogP contribution in [0.1, 0.15) is 23.8 Å². The highest BCUT2D eigenvalue weighted by Gasteiger charge is 2.28. The summed E-state index contributed by atoms with van der Waals surface area (Å²) in [6.07, 6.45) is 0.524. The van der Waals surface area contributed by atoms with E-state index in [9.17, 15) is 24.3 Å². The minimum Gasteiger partial charge on any atom is -0.481 e. The molecule has 0 unspecified atom stereocenters. The molecule has 0 spiro atoms. The number of rotatable bonds is 6. The third-order valence-corrected chi connectivity index (χ3v) is 4.19. The van der Waals surface area contributed by atoms with Gasteiger partial charge in [0.2, 0.25) is 0 Å². The van der Waals surface area contributed by atoms with E-state index in [1.165, 1.54) is 16.9 Å². The number of furan rings is 1. The monoisotopic (exact) mass is 372 g/mol. The van der Waals surface area contributed by atoms with Gasteiger partial charge >= 0.3 is 17.6 Å². The minimum atomic E-state index is -1.82. The summed E-state index contributed by atoms with van der Waals surface area (Å²) >= 11 is 0. The molecule has 2 N–H and O–H groups in total. The third kappa shape index (κ3) is 3.39. The average molecular weight is 372 g/mol. The molecule has 1 aromatic carbocycles. The van der Waals surface area contributed by atoms with Crippen molar-refractivity contribution in [3.8, 4) is 0 Å². The van der Waals surface area contributed by atoms with Gasteiger partial charge in [0.1, 0.15) is 11.8 Å². The summed E-state index contributed by atoms with van der Waals surface area (Å²) in [5.41, 5.74) is -0.716. The molecule has 0 radical (unpaired) electrons. The molecule has 2 aromatic heterocycles. The van der Waals surface area contributed by atoms with Gasteiger partial charge in [-0.15, -0.1) is 0 Å². The van der Waals surface area contributed by atoms with Crippen molar-refractivity contribution in [1.29, 1.82) is 0 Å². The molecule has 0 amide bonds. The molecular weight excluding hydrogens is 356 g/mol. The number of hydrogen-bond donors (Lipinski definition) is 2. The average Bonchev–Trinajstić information content (AvgIpc) is 3.10. The fraction of sp³-hybridized carbons (Fsp3) is 0.222. The van der Waals surface area contributed by atoms with Crippen molar-refractivity contribution in [2.75, 3.05) is 0 Å². The van der Waals surface area contributed by atoms with E-state index in [1.807, 2.05) is 0 Å². The molecule has 27 heavy (non-hydrogen) atoms. The molecule has 140 valence electrons. The van der Waals surface area contributed by atoms with E-state index in [4.69, 9.17) is 9.52 Å². The van der Waals surface area contributed by atoms with Gasteiger partial charge in [-0.2, -0.15) is 0 Å². The first kappa shape index (κ1) is 18.2. The topological polar surface area (TPSA) is 132 Å². The van der Waals surface area contributed by atoms with Gasteiger partial charge in [-0.05, 0) is 31.2 Å². The summed E-state index contributed by atoms with van der Waals surface area (Å²) in [4.78, 5) is 48.5. The van der Waals surface area contributed by atoms with Crippen LogP contribution >= 0.6 is 0 Å². The van der Waals surface area contributed by atoms with Gasteiger partial charge in [0.15, 0.2) is 0 Å². The van der Waals surface area contributed by atoms with Crippen LogP contribution in [0.3, 0.4) is 0 Å². The summed E-state index contributed by atoms with van der Waals surface area (Å²) < 4.78 is 6.94. The van der Waals surface area contributed by atoms with E-state index < -0.39 is 35.7 Å². The van der Waals surface area contributed by atoms with E-state index >= 15 is 0 Å². The lowest BCUT2D eigenvalue weighted by Crippen LogP contribution is -2.45. The van der Waals surface area contributed by atoms with Crippen LogP contribution in [0, 0.1) is 6.92 Å². The second kappa shape index (κ2) is 6.94. The van der Waals surface area contributed by atoms with E-state index in [0.29, 0.717) is 15.8 Å². The van der Waals surface area contributed by atoms with Crippen molar-refractivity contribution in [2.45, 2.75) is 25.9 Å². The number of nitrogens with zero attached hydrogens (tertiary/aromatic N) is 2. The van der Waals surface area contributed by atoms with Gasteiger partial charge in [-0.25, -0.2) is 14.2 Å². The molecule has 0 aliphatic heterocycles. The molecule has 3 aromatic rings. The number of benzene rings is 1. The standard InChI is InChI=1S/C18H16N2O7/c1-10-4-5-13-12(7-10)16(23)20(14(17(24)25)8-15(21)22)18(26)19(13)9-11-3-2-6-27-11/h2-7,14H,8-9H2,1H3,(H,21,22)(H,24,25)/t14-/m0/s1. The molecule has 1 atom stereocenters. The maximum absolute atomic E-state index is 13.0. The molecular formula is C18H16N2O7. The van der Waals surface area contributed by atoms with Crippen LogP contribution in [0.4, 0.5) is 0 Å². The summed E-state index contributed by atoms with van der Waals surface area (Å²) in [6.45, 7) is 1.71. The molecule has 2 heterocycles. The Bertz CT molecular complexity index is 1140. The van der Waals surface area contributed by atoms with Crippen molar-refractivity contribution in [1.82, 2.24) is 9.13 Å². The zero-order valence-electron chi connectivity index (χ0n) is 14.3. The van der Waals surface area contributed by atoms with Crippen LogP contribution in [0.5, 0.6) is 0 Å². The fourth-order valence-corrected chi connectivity index (χ4v) is 2.95. The van der Waals surface area contributed by atoms with Gasteiger partial charge in [0.05, 0.1) is 30.1 Å². The molecule has 0 saturated heterocycles. The molecule has 0 fully saturated rings. The first-order valence-electron chi connectivity index (χ1n) is 8.02. The number of aryl methyl sites for hydroxylation is 1. The lowest BCUT2D eigenvalue weighted by molar-refractivity contribution is -0.147.